The van der Waals surface area contributed by atoms with Gasteiger partial charge in [-0.1, -0.05) is 36.4 Å². The van der Waals surface area contributed by atoms with Crippen molar-refractivity contribution in [1.29, 1.82) is 0 Å². The lowest BCUT2D eigenvalue weighted by atomic mass is 10.1. The minimum atomic E-state index is -0.885. The number of ether oxygens (including phenoxy) is 2. The fourth-order valence-electron chi connectivity index (χ4n) is 2.67. The molecule has 0 saturated carbocycles. The van der Waals surface area contributed by atoms with Gasteiger partial charge in [-0.2, -0.15) is 0 Å². The first-order valence-electron chi connectivity index (χ1n) is 9.52. The number of benzene rings is 2. The van der Waals surface area contributed by atoms with Gasteiger partial charge in [-0.3, -0.25) is 4.79 Å². The molecular formula is C23H29NO5. The maximum absolute atomic E-state index is 12.2. The van der Waals surface area contributed by atoms with E-state index in [9.17, 15) is 14.7 Å². The Kier molecular flexibility index (Phi) is 7.40. The topological polar surface area (TPSA) is 76.1 Å². The van der Waals surface area contributed by atoms with Crippen LogP contribution in [0.5, 0.6) is 5.75 Å². The van der Waals surface area contributed by atoms with Crippen LogP contribution < -0.4 is 4.74 Å². The van der Waals surface area contributed by atoms with Gasteiger partial charge in [-0.15, -0.1) is 0 Å². The number of carbonyl (C=O) groups excluding carboxylic acids is 2. The summed E-state index contributed by atoms with van der Waals surface area (Å²) in [7, 11) is 1.57. The van der Waals surface area contributed by atoms with Gasteiger partial charge in [0.05, 0.1) is 19.1 Å². The van der Waals surface area contributed by atoms with Crippen molar-refractivity contribution in [2.24, 2.45) is 0 Å². The molecule has 0 fully saturated rings. The third kappa shape index (κ3) is 7.23. The second kappa shape index (κ2) is 9.56. The monoisotopic (exact) mass is 399 g/mol. The van der Waals surface area contributed by atoms with Crippen LogP contribution in [0.25, 0.3) is 0 Å². The van der Waals surface area contributed by atoms with Crippen LogP contribution in [0.3, 0.4) is 0 Å². The van der Waals surface area contributed by atoms with Crippen LogP contribution in [0.2, 0.25) is 0 Å². The van der Waals surface area contributed by atoms with Gasteiger partial charge in [0.15, 0.2) is 0 Å². The average molecular weight is 399 g/mol. The lowest BCUT2D eigenvalue weighted by molar-refractivity contribution is -0.133. The molecule has 1 unspecified atom stereocenters. The predicted molar refractivity (Wildman–Crippen MR) is 111 cm³/mol. The van der Waals surface area contributed by atoms with E-state index in [1.165, 1.54) is 4.90 Å². The summed E-state index contributed by atoms with van der Waals surface area (Å²) in [5.74, 6) is 0.0530. The highest BCUT2D eigenvalue weighted by molar-refractivity contribution is 5.75. The largest absolute Gasteiger partial charge is 0.444 e. The second-order valence-electron chi connectivity index (χ2n) is 8.02. The third-order valence-corrected chi connectivity index (χ3v) is 4.24. The number of aliphatic hydroxyl groups is 1. The molecule has 1 amide bonds. The van der Waals surface area contributed by atoms with Gasteiger partial charge in [0.2, 0.25) is 0 Å². The minimum absolute atomic E-state index is 0.0847. The minimum Gasteiger partial charge on any atom is -0.444 e. The van der Waals surface area contributed by atoms with Gasteiger partial charge in [0, 0.05) is 7.05 Å². The fourth-order valence-corrected chi connectivity index (χ4v) is 2.67. The van der Waals surface area contributed by atoms with Gasteiger partial charge in [0.1, 0.15) is 11.4 Å². The van der Waals surface area contributed by atoms with Crippen LogP contribution in [0.4, 0.5) is 4.79 Å². The number of aryl methyl sites for hydroxylation is 1. The lowest BCUT2D eigenvalue weighted by Crippen LogP contribution is -2.36. The number of rotatable bonds is 6. The predicted octanol–water partition coefficient (Wildman–Crippen LogP) is 4.04. The molecule has 6 heteroatoms. The van der Waals surface area contributed by atoms with Crippen LogP contribution in [0.15, 0.2) is 48.5 Å². The maximum atomic E-state index is 12.2. The molecule has 0 aromatic heterocycles. The van der Waals surface area contributed by atoms with Crippen molar-refractivity contribution in [2.45, 2.75) is 45.8 Å². The number of esters is 1. The SMILES string of the molecule is Cc1ccccc1CC(=O)Oc1ccc(C(O)CN(C)C(=O)OC(C)(C)C)cc1. The van der Waals surface area contributed by atoms with Crippen molar-refractivity contribution in [3.05, 3.63) is 65.2 Å². The summed E-state index contributed by atoms with van der Waals surface area (Å²) < 4.78 is 10.7. The normalized spacial score (nSPS) is 12.2. The number of amides is 1. The molecule has 0 aliphatic heterocycles. The molecule has 29 heavy (non-hydrogen) atoms. The molecule has 2 rings (SSSR count). The van der Waals surface area contributed by atoms with Crippen LogP contribution in [0.1, 0.15) is 43.6 Å². The Morgan fingerprint density at radius 2 is 1.69 bits per heavy atom. The molecule has 0 aliphatic carbocycles. The van der Waals surface area contributed by atoms with Gasteiger partial charge in [-0.05, 0) is 56.5 Å². The van der Waals surface area contributed by atoms with E-state index >= 15 is 0 Å². The molecule has 2 aromatic rings. The molecular weight excluding hydrogens is 370 g/mol. The zero-order valence-corrected chi connectivity index (χ0v) is 17.6. The van der Waals surface area contributed by atoms with E-state index in [0.717, 1.165) is 11.1 Å². The quantitative estimate of drug-likeness (QED) is 0.586. The van der Waals surface area contributed by atoms with Crippen molar-refractivity contribution in [1.82, 2.24) is 4.90 Å². The van der Waals surface area contributed by atoms with Crippen molar-refractivity contribution < 1.29 is 24.2 Å². The summed E-state index contributed by atoms with van der Waals surface area (Å²) in [5, 5.41) is 10.4. The number of hydrogen-bond donors (Lipinski definition) is 1. The van der Waals surface area contributed by atoms with Gasteiger partial charge >= 0.3 is 12.1 Å². The molecule has 0 heterocycles. The first kappa shape index (κ1) is 22.4. The summed E-state index contributed by atoms with van der Waals surface area (Å²) in [4.78, 5) is 25.5. The van der Waals surface area contributed by atoms with Crippen molar-refractivity contribution in [2.75, 3.05) is 13.6 Å². The molecule has 0 aliphatic rings. The van der Waals surface area contributed by atoms with Gasteiger partial charge in [-0.25, -0.2) is 4.79 Å². The van der Waals surface area contributed by atoms with Crippen molar-refractivity contribution in [3.8, 4) is 5.75 Å². The van der Waals surface area contributed by atoms with Gasteiger partial charge < -0.3 is 19.5 Å². The molecule has 1 atom stereocenters. The number of aliphatic hydroxyl groups excluding tert-OH is 1. The molecule has 2 aromatic carbocycles. The Labute approximate surface area is 172 Å². The fraction of sp³-hybridized carbons (Fsp3) is 0.391. The van der Waals surface area contributed by atoms with Crippen LogP contribution >= 0.6 is 0 Å². The van der Waals surface area contributed by atoms with E-state index < -0.39 is 17.8 Å². The Bertz CT molecular complexity index is 839. The zero-order chi connectivity index (χ0) is 21.6. The van der Waals surface area contributed by atoms with Crippen molar-refractivity contribution >= 4 is 12.1 Å². The number of nitrogens with zero attached hydrogens (tertiary/aromatic N) is 1. The highest BCUT2D eigenvalue weighted by Gasteiger charge is 2.22. The molecule has 0 bridgehead atoms. The van der Waals surface area contributed by atoms with E-state index in [-0.39, 0.29) is 18.9 Å². The Hall–Kier alpha value is -2.86. The van der Waals surface area contributed by atoms with E-state index in [4.69, 9.17) is 9.47 Å². The molecule has 0 saturated heterocycles. The highest BCUT2D eigenvalue weighted by Crippen LogP contribution is 2.20. The molecule has 0 radical (unpaired) electrons. The zero-order valence-electron chi connectivity index (χ0n) is 17.6. The van der Waals surface area contributed by atoms with Gasteiger partial charge in [0.25, 0.3) is 0 Å². The van der Waals surface area contributed by atoms with Crippen molar-refractivity contribution in [3.63, 3.8) is 0 Å². The Morgan fingerprint density at radius 3 is 2.28 bits per heavy atom. The summed E-state index contributed by atoms with van der Waals surface area (Å²) in [5.41, 5.74) is 1.98. The van der Waals surface area contributed by atoms with E-state index in [2.05, 4.69) is 0 Å². The molecule has 0 spiro atoms. The summed E-state index contributed by atoms with van der Waals surface area (Å²) >= 11 is 0. The van der Waals surface area contributed by atoms with Crippen LogP contribution in [-0.4, -0.2) is 41.3 Å². The van der Waals surface area contributed by atoms with Crippen LogP contribution in [0, 0.1) is 6.92 Å². The lowest BCUT2D eigenvalue weighted by Gasteiger charge is -2.26. The second-order valence-corrected chi connectivity index (χ2v) is 8.02. The standard InChI is InChI=1S/C23H29NO5/c1-16-8-6-7-9-18(16)14-21(26)28-19-12-10-17(11-13-19)20(25)15-24(5)22(27)29-23(2,3)4/h6-13,20,25H,14-15H2,1-5H3. The molecule has 156 valence electrons. The first-order valence-corrected chi connectivity index (χ1v) is 9.52. The number of carbonyl (C=O) groups is 2. The Morgan fingerprint density at radius 1 is 1.07 bits per heavy atom. The Balaban J connectivity index is 1.91. The molecule has 6 nitrogen and oxygen atoms in total. The highest BCUT2D eigenvalue weighted by atomic mass is 16.6. The van der Waals surface area contributed by atoms with Crippen LogP contribution in [-0.2, 0) is 16.0 Å². The number of likely N-dealkylation sites (N-methyl/N-ethyl adjacent to an activating group) is 1. The van der Waals surface area contributed by atoms with E-state index in [1.54, 1.807) is 52.1 Å². The summed E-state index contributed by atoms with van der Waals surface area (Å²) in [6, 6.07) is 14.3. The smallest absolute Gasteiger partial charge is 0.410 e. The first-order chi connectivity index (χ1) is 13.5. The molecule has 1 N–H and O–H groups in total. The number of hydrogen-bond acceptors (Lipinski definition) is 5. The van der Waals surface area contributed by atoms with E-state index in [1.807, 2.05) is 31.2 Å². The third-order valence-electron chi connectivity index (χ3n) is 4.24. The summed E-state index contributed by atoms with van der Waals surface area (Å²) in [6.07, 6.45) is -1.19. The average Bonchev–Trinajstić information content (AvgIpc) is 2.62. The maximum Gasteiger partial charge on any atom is 0.410 e. The summed E-state index contributed by atoms with van der Waals surface area (Å²) in [6.45, 7) is 7.39. The van der Waals surface area contributed by atoms with E-state index in [0.29, 0.717) is 11.3 Å².